The van der Waals surface area contributed by atoms with Crippen LogP contribution in [0.2, 0.25) is 5.02 Å². The normalized spacial score (nSPS) is 16.8. The zero-order valence-corrected chi connectivity index (χ0v) is 13.2. The third-order valence-corrected chi connectivity index (χ3v) is 4.28. The average Bonchev–Trinajstić information content (AvgIpc) is 2.61. The fourth-order valence-corrected chi connectivity index (χ4v) is 3.11. The monoisotopic (exact) mass is 318 g/mol. The molecule has 4 rings (SSSR count). The van der Waals surface area contributed by atoms with E-state index in [2.05, 4.69) is 30.4 Å². The summed E-state index contributed by atoms with van der Waals surface area (Å²) in [6.07, 6.45) is 9.52. The van der Waals surface area contributed by atoms with Crippen molar-refractivity contribution in [3.05, 3.63) is 83.6 Å². The zero-order chi connectivity index (χ0) is 15.6. The topological polar surface area (TPSA) is 25.8 Å². The Bertz CT molecular complexity index is 928. The van der Waals surface area contributed by atoms with Crippen LogP contribution < -0.4 is 0 Å². The lowest BCUT2D eigenvalue weighted by molar-refractivity contribution is 0.823. The van der Waals surface area contributed by atoms with E-state index in [1.807, 2.05) is 42.5 Å². The van der Waals surface area contributed by atoms with E-state index in [4.69, 9.17) is 21.6 Å². The lowest BCUT2D eigenvalue weighted by Gasteiger charge is -2.16. The van der Waals surface area contributed by atoms with Crippen LogP contribution in [-0.2, 0) is 0 Å². The maximum absolute atomic E-state index is 6.13. The SMILES string of the molecule is Clc1cccc(-c2nc(C3C=CC=CC3)c3ccccc3n2)c1. The van der Waals surface area contributed by atoms with Crippen molar-refractivity contribution in [2.45, 2.75) is 12.3 Å². The van der Waals surface area contributed by atoms with Gasteiger partial charge in [0.1, 0.15) is 0 Å². The standard InChI is InChI=1S/C20H15ClN2/c21-16-10-6-9-15(13-16)20-22-18-12-5-4-11-17(18)19(23-20)14-7-2-1-3-8-14/h1-7,9-14H,8H2. The van der Waals surface area contributed by atoms with Crippen molar-refractivity contribution >= 4 is 22.5 Å². The third-order valence-electron chi connectivity index (χ3n) is 4.05. The molecule has 1 atom stereocenters. The van der Waals surface area contributed by atoms with E-state index in [1.54, 1.807) is 0 Å². The number of aromatic nitrogens is 2. The van der Waals surface area contributed by atoms with Crippen molar-refractivity contribution in [3.63, 3.8) is 0 Å². The fraction of sp³-hybridized carbons (Fsp3) is 0.100. The van der Waals surface area contributed by atoms with Crippen LogP contribution in [0.15, 0.2) is 72.8 Å². The summed E-state index contributed by atoms with van der Waals surface area (Å²) in [4.78, 5) is 9.61. The van der Waals surface area contributed by atoms with E-state index in [-0.39, 0.29) is 5.92 Å². The summed E-state index contributed by atoms with van der Waals surface area (Å²) >= 11 is 6.13. The molecule has 0 bridgehead atoms. The van der Waals surface area contributed by atoms with Crippen LogP contribution in [0.3, 0.4) is 0 Å². The summed E-state index contributed by atoms with van der Waals surface area (Å²) in [5, 5.41) is 1.81. The zero-order valence-electron chi connectivity index (χ0n) is 12.5. The molecule has 3 heteroatoms. The Morgan fingerprint density at radius 1 is 0.957 bits per heavy atom. The molecule has 1 aliphatic carbocycles. The predicted molar refractivity (Wildman–Crippen MR) is 95.6 cm³/mol. The number of fused-ring (bicyclic) bond motifs is 1. The molecule has 0 fully saturated rings. The van der Waals surface area contributed by atoms with Crippen LogP contribution in [0, 0.1) is 0 Å². The van der Waals surface area contributed by atoms with Crippen LogP contribution in [0.4, 0.5) is 0 Å². The van der Waals surface area contributed by atoms with Gasteiger partial charge in [-0.3, -0.25) is 0 Å². The van der Waals surface area contributed by atoms with Gasteiger partial charge < -0.3 is 0 Å². The third kappa shape index (κ3) is 2.78. The number of halogens is 1. The average molecular weight is 319 g/mol. The number of benzene rings is 2. The van der Waals surface area contributed by atoms with Gasteiger partial charge in [-0.05, 0) is 24.6 Å². The maximum Gasteiger partial charge on any atom is 0.160 e. The molecule has 0 spiro atoms. The van der Waals surface area contributed by atoms with Crippen molar-refractivity contribution < 1.29 is 0 Å². The molecule has 1 unspecified atom stereocenters. The predicted octanol–water partition coefficient (Wildman–Crippen LogP) is 5.55. The van der Waals surface area contributed by atoms with Crippen LogP contribution in [0.25, 0.3) is 22.3 Å². The van der Waals surface area contributed by atoms with Crippen molar-refractivity contribution in [1.82, 2.24) is 9.97 Å². The van der Waals surface area contributed by atoms with Crippen LogP contribution in [0.1, 0.15) is 18.0 Å². The highest BCUT2D eigenvalue weighted by Crippen LogP contribution is 2.31. The Kier molecular flexibility index (Phi) is 3.68. The molecule has 0 saturated heterocycles. The number of hydrogen-bond acceptors (Lipinski definition) is 2. The first-order chi connectivity index (χ1) is 11.3. The van der Waals surface area contributed by atoms with Crippen molar-refractivity contribution in [2.24, 2.45) is 0 Å². The van der Waals surface area contributed by atoms with Crippen LogP contribution in [0.5, 0.6) is 0 Å². The number of rotatable bonds is 2. The second kappa shape index (κ2) is 5.98. The molecule has 0 radical (unpaired) electrons. The quantitative estimate of drug-likeness (QED) is 0.619. The van der Waals surface area contributed by atoms with E-state index in [0.29, 0.717) is 5.02 Å². The number of para-hydroxylation sites is 1. The molecule has 2 aromatic carbocycles. The maximum atomic E-state index is 6.13. The van der Waals surface area contributed by atoms with E-state index >= 15 is 0 Å². The van der Waals surface area contributed by atoms with Gasteiger partial charge in [0.15, 0.2) is 5.82 Å². The largest absolute Gasteiger partial charge is 0.232 e. The fourth-order valence-electron chi connectivity index (χ4n) is 2.92. The van der Waals surface area contributed by atoms with Crippen molar-refractivity contribution in [3.8, 4) is 11.4 Å². The Balaban J connectivity index is 1.93. The summed E-state index contributed by atoms with van der Waals surface area (Å²) in [5.74, 6) is 1.01. The molecule has 3 aromatic rings. The van der Waals surface area contributed by atoms with Gasteiger partial charge in [-0.1, -0.05) is 66.2 Å². The second-order valence-electron chi connectivity index (χ2n) is 5.62. The van der Waals surface area contributed by atoms with Gasteiger partial charge in [0.2, 0.25) is 0 Å². The van der Waals surface area contributed by atoms with Gasteiger partial charge in [0.05, 0.1) is 11.2 Å². The summed E-state index contributed by atoms with van der Waals surface area (Å²) in [5.41, 5.74) is 2.99. The van der Waals surface area contributed by atoms with Crippen molar-refractivity contribution in [2.75, 3.05) is 0 Å². The molecule has 1 heterocycles. The van der Waals surface area contributed by atoms with E-state index in [9.17, 15) is 0 Å². The first-order valence-corrected chi connectivity index (χ1v) is 8.05. The van der Waals surface area contributed by atoms with Gasteiger partial charge >= 0.3 is 0 Å². The molecule has 0 N–H and O–H groups in total. The highest BCUT2D eigenvalue weighted by atomic mass is 35.5. The molecule has 2 nitrogen and oxygen atoms in total. The minimum atomic E-state index is 0.283. The van der Waals surface area contributed by atoms with E-state index in [1.165, 1.54) is 0 Å². The summed E-state index contributed by atoms with van der Waals surface area (Å²) in [6.45, 7) is 0. The van der Waals surface area contributed by atoms with Gasteiger partial charge in [0, 0.05) is 21.9 Å². The lowest BCUT2D eigenvalue weighted by Crippen LogP contribution is -2.04. The molecule has 0 amide bonds. The highest BCUT2D eigenvalue weighted by molar-refractivity contribution is 6.30. The van der Waals surface area contributed by atoms with Gasteiger partial charge in [0.25, 0.3) is 0 Å². The minimum absolute atomic E-state index is 0.283. The first kappa shape index (κ1) is 14.2. The van der Waals surface area contributed by atoms with Crippen LogP contribution in [-0.4, -0.2) is 9.97 Å². The Morgan fingerprint density at radius 2 is 1.87 bits per heavy atom. The molecule has 1 aliphatic rings. The minimum Gasteiger partial charge on any atom is -0.232 e. The molecule has 1 aromatic heterocycles. The van der Waals surface area contributed by atoms with E-state index < -0.39 is 0 Å². The number of allylic oxidation sites excluding steroid dienone is 4. The lowest BCUT2D eigenvalue weighted by atomic mass is 9.94. The Morgan fingerprint density at radius 3 is 2.70 bits per heavy atom. The van der Waals surface area contributed by atoms with E-state index in [0.717, 1.165) is 34.4 Å². The summed E-state index contributed by atoms with van der Waals surface area (Å²) in [7, 11) is 0. The van der Waals surface area contributed by atoms with Crippen LogP contribution >= 0.6 is 11.6 Å². The van der Waals surface area contributed by atoms with Crippen molar-refractivity contribution in [1.29, 1.82) is 0 Å². The molecule has 23 heavy (non-hydrogen) atoms. The summed E-state index contributed by atoms with van der Waals surface area (Å²) in [6, 6.07) is 15.9. The van der Waals surface area contributed by atoms with Gasteiger partial charge in [-0.2, -0.15) is 0 Å². The van der Waals surface area contributed by atoms with Gasteiger partial charge in [-0.25, -0.2) is 9.97 Å². The Labute approximate surface area is 140 Å². The molecular weight excluding hydrogens is 304 g/mol. The summed E-state index contributed by atoms with van der Waals surface area (Å²) < 4.78 is 0. The number of nitrogens with zero attached hydrogens (tertiary/aromatic N) is 2. The molecule has 112 valence electrons. The highest BCUT2D eigenvalue weighted by Gasteiger charge is 2.16. The molecular formula is C20H15ClN2. The number of hydrogen-bond donors (Lipinski definition) is 0. The smallest absolute Gasteiger partial charge is 0.160 e. The second-order valence-corrected chi connectivity index (χ2v) is 6.05. The Hall–Kier alpha value is -2.45. The first-order valence-electron chi connectivity index (χ1n) is 7.67. The molecule has 0 saturated carbocycles. The molecule has 0 aliphatic heterocycles. The van der Waals surface area contributed by atoms with Gasteiger partial charge in [-0.15, -0.1) is 0 Å².